The van der Waals surface area contributed by atoms with Crippen LogP contribution in [0.25, 0.3) is 22.3 Å². The number of benzene rings is 1. The van der Waals surface area contributed by atoms with Gasteiger partial charge in [0.25, 0.3) is 0 Å². The van der Waals surface area contributed by atoms with Crippen LogP contribution in [0.1, 0.15) is 25.1 Å². The highest BCUT2D eigenvalue weighted by molar-refractivity contribution is 5.91. The van der Waals surface area contributed by atoms with Crippen molar-refractivity contribution in [3.63, 3.8) is 0 Å². The lowest BCUT2D eigenvalue weighted by atomic mass is 10.0. The molecule has 0 amide bonds. The van der Waals surface area contributed by atoms with Gasteiger partial charge in [-0.2, -0.15) is 0 Å². The van der Waals surface area contributed by atoms with Crippen LogP contribution in [0.4, 0.5) is 5.82 Å². The molecule has 0 bridgehead atoms. The maximum Gasteiger partial charge on any atom is 0.157 e. The molecule has 3 aromatic rings. The van der Waals surface area contributed by atoms with E-state index in [1.165, 1.54) is 0 Å². The van der Waals surface area contributed by atoms with Crippen molar-refractivity contribution in [2.45, 2.75) is 32.2 Å². The van der Waals surface area contributed by atoms with E-state index in [0.717, 1.165) is 59.7 Å². The normalized spacial score (nSPS) is 18.2. The molecular formula is C19H22N4O. The molecule has 0 spiro atoms. The number of rotatable bonds is 3. The predicted octanol–water partition coefficient (Wildman–Crippen LogP) is 3.28. The Hall–Kier alpha value is -2.40. The number of aryl methyl sites for hydroxylation is 1. The second kappa shape index (κ2) is 6.24. The van der Waals surface area contributed by atoms with Crippen LogP contribution in [-0.2, 0) is 0 Å². The molecule has 5 heteroatoms. The Kier molecular flexibility index (Phi) is 3.94. The van der Waals surface area contributed by atoms with E-state index in [4.69, 9.17) is 4.98 Å². The molecule has 5 nitrogen and oxygen atoms in total. The first-order valence-corrected chi connectivity index (χ1v) is 8.56. The van der Waals surface area contributed by atoms with E-state index < -0.39 is 0 Å². The van der Waals surface area contributed by atoms with Gasteiger partial charge in [-0.3, -0.25) is 0 Å². The average Bonchev–Trinajstić information content (AvgIpc) is 3.05. The lowest BCUT2D eigenvalue weighted by Gasteiger charge is -2.35. The largest absolute Gasteiger partial charge is 0.394 e. The van der Waals surface area contributed by atoms with Crippen LogP contribution in [0, 0.1) is 6.92 Å². The number of aliphatic hydroxyl groups is 1. The van der Waals surface area contributed by atoms with Gasteiger partial charge in [-0.25, -0.2) is 9.97 Å². The van der Waals surface area contributed by atoms with Crippen molar-refractivity contribution >= 4 is 16.9 Å². The van der Waals surface area contributed by atoms with E-state index in [-0.39, 0.29) is 12.6 Å². The summed E-state index contributed by atoms with van der Waals surface area (Å²) in [6.07, 6.45) is 3.30. The van der Waals surface area contributed by atoms with Gasteiger partial charge in [0.2, 0.25) is 0 Å². The van der Waals surface area contributed by atoms with Crippen molar-refractivity contribution in [3.8, 4) is 11.3 Å². The van der Waals surface area contributed by atoms with Crippen molar-refractivity contribution in [1.29, 1.82) is 0 Å². The number of nitrogens with one attached hydrogen (secondary N) is 1. The first-order chi connectivity index (χ1) is 11.8. The molecule has 0 radical (unpaired) electrons. The highest BCUT2D eigenvalue weighted by Gasteiger charge is 2.25. The Balaban J connectivity index is 1.84. The van der Waals surface area contributed by atoms with Crippen molar-refractivity contribution in [3.05, 3.63) is 42.2 Å². The summed E-state index contributed by atoms with van der Waals surface area (Å²) in [5, 5.41) is 9.75. The summed E-state index contributed by atoms with van der Waals surface area (Å²) in [5.74, 6) is 1.68. The number of aliphatic hydroxyl groups excluding tert-OH is 1. The number of hydrogen-bond donors (Lipinski definition) is 2. The van der Waals surface area contributed by atoms with Gasteiger partial charge >= 0.3 is 0 Å². The molecule has 1 saturated heterocycles. The lowest BCUT2D eigenvalue weighted by molar-refractivity contribution is 0.239. The molecule has 0 saturated carbocycles. The minimum Gasteiger partial charge on any atom is -0.394 e. The fourth-order valence-corrected chi connectivity index (χ4v) is 3.56. The monoisotopic (exact) mass is 322 g/mol. The molecule has 1 fully saturated rings. The zero-order valence-corrected chi connectivity index (χ0v) is 13.9. The fourth-order valence-electron chi connectivity index (χ4n) is 3.56. The summed E-state index contributed by atoms with van der Waals surface area (Å²) < 4.78 is 0. The Morgan fingerprint density at radius 3 is 2.83 bits per heavy atom. The van der Waals surface area contributed by atoms with E-state index in [1.807, 2.05) is 25.1 Å². The van der Waals surface area contributed by atoms with Crippen LogP contribution in [0.3, 0.4) is 0 Å². The quantitative estimate of drug-likeness (QED) is 0.776. The van der Waals surface area contributed by atoms with Crippen LogP contribution in [0.15, 0.2) is 36.4 Å². The maximum absolute atomic E-state index is 9.75. The second-order valence-electron chi connectivity index (χ2n) is 6.43. The van der Waals surface area contributed by atoms with E-state index in [2.05, 4.69) is 33.1 Å². The summed E-state index contributed by atoms with van der Waals surface area (Å²) in [6, 6.07) is 12.5. The number of hydrogen-bond acceptors (Lipinski definition) is 4. The second-order valence-corrected chi connectivity index (χ2v) is 6.43. The number of aromatic amines is 1. The fraction of sp³-hybridized carbons (Fsp3) is 0.368. The first-order valence-electron chi connectivity index (χ1n) is 8.56. The maximum atomic E-state index is 9.75. The van der Waals surface area contributed by atoms with E-state index in [1.54, 1.807) is 0 Å². The molecular weight excluding hydrogens is 300 g/mol. The SMILES string of the molecule is Cc1nc(N2CCCCC2CO)c2[nH]c(-c3ccccc3)cc2n1. The van der Waals surface area contributed by atoms with Gasteiger partial charge in [0, 0.05) is 12.2 Å². The minimum atomic E-state index is 0.139. The van der Waals surface area contributed by atoms with E-state index in [9.17, 15) is 5.11 Å². The Bertz CT molecular complexity index is 843. The number of fused-ring (bicyclic) bond motifs is 1. The molecule has 1 aliphatic rings. The minimum absolute atomic E-state index is 0.139. The number of anilines is 1. The van der Waals surface area contributed by atoms with Gasteiger partial charge in [0.1, 0.15) is 11.3 Å². The number of H-pyrrole nitrogens is 1. The molecule has 4 rings (SSSR count). The molecule has 124 valence electrons. The van der Waals surface area contributed by atoms with Gasteiger partial charge in [-0.15, -0.1) is 0 Å². The molecule has 24 heavy (non-hydrogen) atoms. The molecule has 1 aliphatic heterocycles. The van der Waals surface area contributed by atoms with Gasteiger partial charge in [-0.05, 0) is 37.8 Å². The summed E-state index contributed by atoms with van der Waals surface area (Å²) in [6.45, 7) is 3.02. The zero-order chi connectivity index (χ0) is 16.5. The Labute approximate surface area is 141 Å². The van der Waals surface area contributed by atoms with Crippen LogP contribution < -0.4 is 4.90 Å². The predicted molar refractivity (Wildman–Crippen MR) is 96.1 cm³/mol. The van der Waals surface area contributed by atoms with Gasteiger partial charge in [0.05, 0.1) is 18.2 Å². The Morgan fingerprint density at radius 2 is 2.04 bits per heavy atom. The molecule has 1 atom stereocenters. The van der Waals surface area contributed by atoms with Crippen molar-refractivity contribution in [2.24, 2.45) is 0 Å². The smallest absolute Gasteiger partial charge is 0.157 e. The van der Waals surface area contributed by atoms with Crippen LogP contribution in [0.2, 0.25) is 0 Å². The summed E-state index contributed by atoms with van der Waals surface area (Å²) in [4.78, 5) is 15.0. The third kappa shape index (κ3) is 2.65. The number of piperidine rings is 1. The standard InChI is InChI=1S/C19H22N4O/c1-13-20-17-11-16(14-7-3-2-4-8-14)22-18(17)19(21-13)23-10-6-5-9-15(23)12-24/h2-4,7-8,11,15,22,24H,5-6,9-10,12H2,1H3. The lowest BCUT2D eigenvalue weighted by Crippen LogP contribution is -2.42. The highest BCUT2D eigenvalue weighted by atomic mass is 16.3. The van der Waals surface area contributed by atoms with Crippen molar-refractivity contribution < 1.29 is 5.11 Å². The molecule has 2 N–H and O–H groups in total. The van der Waals surface area contributed by atoms with Gasteiger partial charge in [-0.1, -0.05) is 30.3 Å². The Morgan fingerprint density at radius 1 is 1.21 bits per heavy atom. The first kappa shape index (κ1) is 15.1. The van der Waals surface area contributed by atoms with Crippen molar-refractivity contribution in [2.75, 3.05) is 18.1 Å². The zero-order valence-electron chi connectivity index (χ0n) is 13.9. The molecule has 2 aromatic heterocycles. The van der Waals surface area contributed by atoms with Crippen LogP contribution >= 0.6 is 0 Å². The molecule has 3 heterocycles. The van der Waals surface area contributed by atoms with Gasteiger partial charge in [0.15, 0.2) is 5.82 Å². The van der Waals surface area contributed by atoms with E-state index in [0.29, 0.717) is 0 Å². The van der Waals surface area contributed by atoms with Gasteiger partial charge < -0.3 is 15.0 Å². The van der Waals surface area contributed by atoms with Crippen LogP contribution in [0.5, 0.6) is 0 Å². The number of aromatic nitrogens is 3. The van der Waals surface area contributed by atoms with E-state index >= 15 is 0 Å². The molecule has 1 unspecified atom stereocenters. The number of nitrogens with zero attached hydrogens (tertiary/aromatic N) is 3. The highest BCUT2D eigenvalue weighted by Crippen LogP contribution is 2.31. The summed E-state index contributed by atoms with van der Waals surface area (Å²) in [7, 11) is 0. The summed E-state index contributed by atoms with van der Waals surface area (Å²) in [5.41, 5.74) is 4.07. The summed E-state index contributed by atoms with van der Waals surface area (Å²) >= 11 is 0. The third-order valence-electron chi connectivity index (χ3n) is 4.77. The van der Waals surface area contributed by atoms with Crippen molar-refractivity contribution in [1.82, 2.24) is 15.0 Å². The van der Waals surface area contributed by atoms with Crippen LogP contribution in [-0.4, -0.2) is 39.3 Å². The topological polar surface area (TPSA) is 65.0 Å². The molecule has 1 aromatic carbocycles. The average molecular weight is 322 g/mol. The molecule has 0 aliphatic carbocycles. The third-order valence-corrected chi connectivity index (χ3v) is 4.77.